The molecule has 2 aromatic carbocycles. The molecular formula is C27H28N4O3. The average Bonchev–Trinajstić information content (AvgIpc) is 3.55. The van der Waals surface area contributed by atoms with E-state index in [1.54, 1.807) is 6.26 Å². The molecule has 4 aromatic rings. The lowest BCUT2D eigenvalue weighted by Gasteiger charge is -2.34. The van der Waals surface area contributed by atoms with Gasteiger partial charge in [0, 0.05) is 43.7 Å². The van der Waals surface area contributed by atoms with Crippen molar-refractivity contribution in [1.29, 1.82) is 0 Å². The Balaban J connectivity index is 1.10. The molecular weight excluding hydrogens is 428 g/mol. The van der Waals surface area contributed by atoms with Crippen molar-refractivity contribution in [1.82, 2.24) is 19.9 Å². The molecule has 34 heavy (non-hydrogen) atoms. The molecule has 0 unspecified atom stereocenters. The second kappa shape index (κ2) is 10.1. The lowest BCUT2D eigenvalue weighted by Crippen LogP contribution is -2.48. The van der Waals surface area contributed by atoms with Crippen molar-refractivity contribution in [2.75, 3.05) is 32.7 Å². The van der Waals surface area contributed by atoms with Crippen LogP contribution in [0.15, 0.2) is 75.9 Å². The largest absolute Gasteiger partial charge is 0.459 e. The number of carbonyl (C=O) groups is 1. The van der Waals surface area contributed by atoms with Gasteiger partial charge in [0.15, 0.2) is 5.76 Å². The van der Waals surface area contributed by atoms with Crippen LogP contribution in [0.4, 0.5) is 0 Å². The highest BCUT2D eigenvalue weighted by molar-refractivity contribution is 5.98. The first-order valence-corrected chi connectivity index (χ1v) is 11.7. The quantitative estimate of drug-likeness (QED) is 0.401. The van der Waals surface area contributed by atoms with Gasteiger partial charge in [0.1, 0.15) is 0 Å². The fourth-order valence-corrected chi connectivity index (χ4v) is 4.27. The molecule has 7 nitrogen and oxygen atoms in total. The van der Waals surface area contributed by atoms with E-state index in [2.05, 4.69) is 22.0 Å². The van der Waals surface area contributed by atoms with Gasteiger partial charge in [-0.25, -0.2) is 0 Å². The molecule has 1 fully saturated rings. The number of furan rings is 1. The molecule has 1 saturated heterocycles. The van der Waals surface area contributed by atoms with Gasteiger partial charge in [0.05, 0.1) is 6.26 Å². The topological polar surface area (TPSA) is 75.6 Å². The van der Waals surface area contributed by atoms with E-state index in [9.17, 15) is 4.79 Å². The van der Waals surface area contributed by atoms with Crippen LogP contribution in [0.5, 0.6) is 0 Å². The zero-order valence-corrected chi connectivity index (χ0v) is 19.3. The van der Waals surface area contributed by atoms with Gasteiger partial charge in [-0.1, -0.05) is 65.3 Å². The van der Waals surface area contributed by atoms with Gasteiger partial charge in [0.25, 0.3) is 5.91 Å². The van der Waals surface area contributed by atoms with E-state index < -0.39 is 0 Å². The third kappa shape index (κ3) is 4.94. The predicted octanol–water partition coefficient (Wildman–Crippen LogP) is 4.70. The van der Waals surface area contributed by atoms with E-state index in [1.807, 2.05) is 65.6 Å². The van der Waals surface area contributed by atoms with Gasteiger partial charge < -0.3 is 13.8 Å². The maximum Gasteiger partial charge on any atom is 0.290 e. The first-order valence-electron chi connectivity index (χ1n) is 11.7. The second-order valence-corrected chi connectivity index (χ2v) is 8.64. The molecule has 1 amide bonds. The molecule has 1 aliphatic heterocycles. The molecule has 1 aliphatic rings. The van der Waals surface area contributed by atoms with E-state index in [-0.39, 0.29) is 5.91 Å². The molecule has 2 aromatic heterocycles. The summed E-state index contributed by atoms with van der Waals surface area (Å²) in [6.45, 7) is 6.04. The summed E-state index contributed by atoms with van der Waals surface area (Å²) in [5.74, 6) is 1.67. The fraction of sp³-hybridized carbons (Fsp3) is 0.296. The number of benzene rings is 2. The Kier molecular flexibility index (Phi) is 6.53. The van der Waals surface area contributed by atoms with E-state index in [1.165, 1.54) is 5.56 Å². The number of piperazine rings is 1. The highest BCUT2D eigenvalue weighted by Gasteiger charge is 2.26. The lowest BCUT2D eigenvalue weighted by atomic mass is 10.1. The Labute approximate surface area is 199 Å². The van der Waals surface area contributed by atoms with E-state index in [0.717, 1.165) is 49.2 Å². The first-order chi connectivity index (χ1) is 16.7. The number of amides is 1. The number of aryl methyl sites for hydroxylation is 2. The maximum absolute atomic E-state index is 13.1. The van der Waals surface area contributed by atoms with Crippen molar-refractivity contribution in [3.8, 4) is 22.5 Å². The van der Waals surface area contributed by atoms with Crippen LogP contribution >= 0.6 is 0 Å². The molecule has 0 saturated carbocycles. The molecule has 0 aliphatic carbocycles. The minimum Gasteiger partial charge on any atom is -0.459 e. The van der Waals surface area contributed by atoms with Crippen LogP contribution < -0.4 is 0 Å². The van der Waals surface area contributed by atoms with Gasteiger partial charge in [0.2, 0.25) is 11.7 Å². The maximum atomic E-state index is 13.1. The van der Waals surface area contributed by atoms with Gasteiger partial charge in [-0.05, 0) is 31.5 Å². The van der Waals surface area contributed by atoms with E-state index in [4.69, 9.17) is 8.94 Å². The summed E-state index contributed by atoms with van der Waals surface area (Å²) in [7, 11) is 0. The lowest BCUT2D eigenvalue weighted by molar-refractivity contribution is 0.0606. The molecule has 0 spiro atoms. The average molecular weight is 457 g/mol. The fourth-order valence-electron chi connectivity index (χ4n) is 4.27. The Morgan fingerprint density at radius 2 is 1.71 bits per heavy atom. The van der Waals surface area contributed by atoms with Gasteiger partial charge >= 0.3 is 0 Å². The molecule has 174 valence electrons. The van der Waals surface area contributed by atoms with Crippen LogP contribution in [0.25, 0.3) is 22.5 Å². The van der Waals surface area contributed by atoms with Crippen molar-refractivity contribution in [2.24, 2.45) is 0 Å². The van der Waals surface area contributed by atoms with Crippen LogP contribution in [0.2, 0.25) is 0 Å². The third-order valence-corrected chi connectivity index (χ3v) is 6.25. The zero-order chi connectivity index (χ0) is 23.3. The number of rotatable bonds is 7. The highest BCUT2D eigenvalue weighted by Crippen LogP contribution is 2.26. The Bertz CT molecular complexity index is 1220. The van der Waals surface area contributed by atoms with Crippen molar-refractivity contribution in [3.63, 3.8) is 0 Å². The molecule has 0 bridgehead atoms. The minimum atomic E-state index is -0.0435. The van der Waals surface area contributed by atoms with Crippen LogP contribution in [-0.4, -0.2) is 58.6 Å². The summed E-state index contributed by atoms with van der Waals surface area (Å²) in [4.78, 5) is 21.9. The smallest absolute Gasteiger partial charge is 0.290 e. The second-order valence-electron chi connectivity index (χ2n) is 8.64. The number of hydrogen-bond donors (Lipinski definition) is 0. The number of hydrogen-bond acceptors (Lipinski definition) is 6. The van der Waals surface area contributed by atoms with Crippen LogP contribution in [0, 0.1) is 6.92 Å². The number of carbonyl (C=O) groups excluding carboxylic acids is 1. The van der Waals surface area contributed by atoms with Gasteiger partial charge in [-0.15, -0.1) is 0 Å². The summed E-state index contributed by atoms with van der Waals surface area (Å²) in [5.41, 5.74) is 4.01. The van der Waals surface area contributed by atoms with Crippen molar-refractivity contribution < 1.29 is 13.7 Å². The summed E-state index contributed by atoms with van der Waals surface area (Å²) in [6.07, 6.45) is 3.26. The van der Waals surface area contributed by atoms with E-state index in [0.29, 0.717) is 30.6 Å². The molecule has 0 atom stereocenters. The standard InChI is InChI=1S/C27H28N4O3/c1-20-9-11-22(12-10-20)26-28-24(34-29-26)8-5-14-30-15-17-31(18-16-30)27(32)25-23(13-19-33-25)21-6-3-2-4-7-21/h2-4,6-7,9-13,19H,5,8,14-18H2,1H3. The Morgan fingerprint density at radius 3 is 2.47 bits per heavy atom. The molecule has 7 heteroatoms. The highest BCUT2D eigenvalue weighted by atomic mass is 16.5. The summed E-state index contributed by atoms with van der Waals surface area (Å²) < 4.78 is 11.0. The third-order valence-electron chi connectivity index (χ3n) is 6.25. The molecule has 3 heterocycles. The number of aromatic nitrogens is 2. The van der Waals surface area contributed by atoms with Gasteiger partial charge in [-0.2, -0.15) is 4.98 Å². The normalized spacial score (nSPS) is 14.4. The summed E-state index contributed by atoms with van der Waals surface area (Å²) in [5, 5.41) is 4.11. The van der Waals surface area contributed by atoms with Crippen molar-refractivity contribution in [2.45, 2.75) is 19.8 Å². The van der Waals surface area contributed by atoms with Crippen molar-refractivity contribution in [3.05, 3.63) is 84.1 Å². The summed E-state index contributed by atoms with van der Waals surface area (Å²) >= 11 is 0. The summed E-state index contributed by atoms with van der Waals surface area (Å²) in [6, 6.07) is 19.9. The minimum absolute atomic E-state index is 0.0435. The van der Waals surface area contributed by atoms with Gasteiger partial charge in [-0.3, -0.25) is 9.69 Å². The van der Waals surface area contributed by atoms with Crippen molar-refractivity contribution >= 4 is 5.91 Å². The predicted molar refractivity (Wildman–Crippen MR) is 129 cm³/mol. The van der Waals surface area contributed by atoms with Crippen LogP contribution in [-0.2, 0) is 6.42 Å². The molecule has 5 rings (SSSR count). The van der Waals surface area contributed by atoms with Crippen LogP contribution in [0.3, 0.4) is 0 Å². The van der Waals surface area contributed by atoms with Crippen LogP contribution in [0.1, 0.15) is 28.4 Å². The molecule has 0 N–H and O–H groups in total. The monoisotopic (exact) mass is 456 g/mol. The number of nitrogens with zero attached hydrogens (tertiary/aromatic N) is 4. The Morgan fingerprint density at radius 1 is 0.941 bits per heavy atom. The SMILES string of the molecule is Cc1ccc(-c2noc(CCCN3CCN(C(=O)c4occc4-c4ccccc4)CC3)n2)cc1. The zero-order valence-electron chi connectivity index (χ0n) is 19.3. The molecule has 0 radical (unpaired) electrons. The van der Waals surface area contributed by atoms with E-state index >= 15 is 0 Å². The Hall–Kier alpha value is -3.71. The first kappa shape index (κ1) is 22.1.